The molecule has 0 aliphatic heterocycles. The number of benzene rings is 1. The molecule has 2 aromatic heterocycles. The van der Waals surface area contributed by atoms with E-state index in [-0.39, 0.29) is 5.91 Å². The molecule has 0 unspecified atom stereocenters. The molecule has 6 nitrogen and oxygen atoms in total. The third kappa shape index (κ3) is 5.09. The third-order valence-corrected chi connectivity index (χ3v) is 7.16. The van der Waals surface area contributed by atoms with Crippen LogP contribution in [0.2, 0.25) is 0 Å². The molecule has 7 heteroatoms. The molecule has 0 spiro atoms. The van der Waals surface area contributed by atoms with Crippen LogP contribution in [0, 0.1) is 26.7 Å². The molecule has 1 fully saturated rings. The van der Waals surface area contributed by atoms with Crippen LogP contribution in [0.5, 0.6) is 0 Å². The molecular formula is C24H31N5OS. The van der Waals surface area contributed by atoms with Gasteiger partial charge in [0.25, 0.3) is 5.78 Å². The van der Waals surface area contributed by atoms with Crippen molar-refractivity contribution in [2.24, 2.45) is 5.92 Å². The number of fused-ring (bicyclic) bond motifs is 1. The van der Waals surface area contributed by atoms with Crippen LogP contribution in [0.4, 0.5) is 0 Å². The Morgan fingerprint density at radius 2 is 1.87 bits per heavy atom. The number of rotatable bonds is 6. The van der Waals surface area contributed by atoms with Gasteiger partial charge in [0.1, 0.15) is 0 Å². The standard InChI is InChI=1S/C24H31N5OS/c1-15-9-11-19(12-10-15)13-20-17(3)25-23-27-24(28-29(23)18(20)4)31-14-22(30)26-21-8-6-5-7-16(21)2/h9-12,16,21H,5-8,13-14H2,1-4H3,(H,26,30)/t16-,21-/m0/s1. The van der Waals surface area contributed by atoms with Gasteiger partial charge in [0.05, 0.1) is 5.75 Å². The fourth-order valence-electron chi connectivity index (χ4n) is 4.33. The van der Waals surface area contributed by atoms with Crippen molar-refractivity contribution < 1.29 is 4.79 Å². The number of carbonyl (C=O) groups excluding carboxylic acids is 1. The lowest BCUT2D eigenvalue weighted by Crippen LogP contribution is -2.41. The zero-order valence-corrected chi connectivity index (χ0v) is 19.6. The molecule has 2 heterocycles. The number of aryl methyl sites for hydroxylation is 3. The molecule has 1 amide bonds. The summed E-state index contributed by atoms with van der Waals surface area (Å²) in [5.74, 6) is 1.53. The van der Waals surface area contributed by atoms with Gasteiger partial charge in [-0.2, -0.15) is 4.98 Å². The van der Waals surface area contributed by atoms with Gasteiger partial charge in [-0.3, -0.25) is 4.79 Å². The van der Waals surface area contributed by atoms with Crippen LogP contribution < -0.4 is 5.32 Å². The monoisotopic (exact) mass is 437 g/mol. The molecule has 1 N–H and O–H groups in total. The Morgan fingerprint density at radius 3 is 2.61 bits per heavy atom. The second-order valence-electron chi connectivity index (χ2n) is 8.75. The van der Waals surface area contributed by atoms with E-state index in [9.17, 15) is 4.79 Å². The maximum atomic E-state index is 12.4. The van der Waals surface area contributed by atoms with Crippen molar-refractivity contribution in [3.05, 3.63) is 52.3 Å². The molecule has 1 saturated carbocycles. The Morgan fingerprint density at radius 1 is 1.13 bits per heavy atom. The SMILES string of the molecule is Cc1ccc(Cc2c(C)nc3nc(SCC(=O)N[C@H]4CCCC[C@@H]4C)nn3c2C)cc1. The first-order valence-corrected chi connectivity index (χ1v) is 12.1. The average molecular weight is 438 g/mol. The zero-order valence-electron chi connectivity index (χ0n) is 18.8. The van der Waals surface area contributed by atoms with Crippen LogP contribution in [0.15, 0.2) is 29.4 Å². The molecule has 1 aliphatic carbocycles. The quantitative estimate of drug-likeness (QED) is 0.578. The predicted molar refractivity (Wildman–Crippen MR) is 125 cm³/mol. The minimum Gasteiger partial charge on any atom is -0.352 e. The number of nitrogens with one attached hydrogen (secondary N) is 1. The fraction of sp³-hybridized carbons (Fsp3) is 0.500. The molecular weight excluding hydrogens is 406 g/mol. The molecule has 1 aromatic carbocycles. The summed E-state index contributed by atoms with van der Waals surface area (Å²) in [6.07, 6.45) is 5.56. The summed E-state index contributed by atoms with van der Waals surface area (Å²) in [4.78, 5) is 21.7. The maximum Gasteiger partial charge on any atom is 0.253 e. The fourth-order valence-corrected chi connectivity index (χ4v) is 4.96. The van der Waals surface area contributed by atoms with Gasteiger partial charge in [0, 0.05) is 23.9 Å². The first-order valence-electron chi connectivity index (χ1n) is 11.1. The number of hydrogen-bond donors (Lipinski definition) is 1. The zero-order chi connectivity index (χ0) is 22.0. The summed E-state index contributed by atoms with van der Waals surface area (Å²) in [6.45, 7) is 8.41. The summed E-state index contributed by atoms with van der Waals surface area (Å²) < 4.78 is 1.81. The molecule has 1 aliphatic rings. The minimum atomic E-state index is 0.0588. The Balaban J connectivity index is 1.45. The summed E-state index contributed by atoms with van der Waals surface area (Å²) in [5.41, 5.74) is 5.69. The maximum absolute atomic E-state index is 12.4. The number of amides is 1. The van der Waals surface area contributed by atoms with E-state index in [0.29, 0.717) is 28.6 Å². The normalized spacial score (nSPS) is 19.0. The summed E-state index contributed by atoms with van der Waals surface area (Å²) in [6, 6.07) is 8.89. The van der Waals surface area contributed by atoms with Crippen molar-refractivity contribution >= 4 is 23.4 Å². The van der Waals surface area contributed by atoms with Gasteiger partial charge in [-0.1, -0.05) is 61.4 Å². The highest BCUT2D eigenvalue weighted by Gasteiger charge is 2.23. The lowest BCUT2D eigenvalue weighted by molar-refractivity contribution is -0.119. The summed E-state index contributed by atoms with van der Waals surface area (Å²) >= 11 is 1.37. The van der Waals surface area contributed by atoms with E-state index in [1.807, 2.05) is 6.92 Å². The van der Waals surface area contributed by atoms with E-state index in [2.05, 4.69) is 65.4 Å². The largest absolute Gasteiger partial charge is 0.352 e. The molecule has 0 saturated heterocycles. The molecule has 164 valence electrons. The average Bonchev–Trinajstić information content (AvgIpc) is 3.16. The van der Waals surface area contributed by atoms with Crippen LogP contribution in [-0.4, -0.2) is 37.3 Å². The second kappa shape index (κ2) is 9.39. The third-order valence-electron chi connectivity index (χ3n) is 6.32. The molecule has 4 rings (SSSR count). The summed E-state index contributed by atoms with van der Waals surface area (Å²) in [5, 5.41) is 8.42. The first-order chi connectivity index (χ1) is 14.9. The number of carbonyl (C=O) groups is 1. The van der Waals surface area contributed by atoms with Crippen LogP contribution in [-0.2, 0) is 11.2 Å². The number of aromatic nitrogens is 4. The van der Waals surface area contributed by atoms with Gasteiger partial charge in [0.15, 0.2) is 0 Å². The van der Waals surface area contributed by atoms with E-state index in [0.717, 1.165) is 24.2 Å². The van der Waals surface area contributed by atoms with Crippen molar-refractivity contribution in [3.8, 4) is 0 Å². The number of thioether (sulfide) groups is 1. The van der Waals surface area contributed by atoms with Gasteiger partial charge in [0.2, 0.25) is 11.1 Å². The Hall–Kier alpha value is -2.41. The van der Waals surface area contributed by atoms with Gasteiger partial charge in [-0.15, -0.1) is 5.10 Å². The molecule has 0 bridgehead atoms. The highest BCUT2D eigenvalue weighted by molar-refractivity contribution is 7.99. The Labute approximate surface area is 188 Å². The Bertz CT molecular complexity index is 1080. The van der Waals surface area contributed by atoms with E-state index in [1.165, 1.54) is 47.7 Å². The lowest BCUT2D eigenvalue weighted by atomic mass is 9.86. The topological polar surface area (TPSA) is 72.2 Å². The van der Waals surface area contributed by atoms with Gasteiger partial charge in [-0.25, -0.2) is 9.50 Å². The van der Waals surface area contributed by atoms with Crippen LogP contribution >= 0.6 is 11.8 Å². The van der Waals surface area contributed by atoms with Crippen LogP contribution in [0.1, 0.15) is 60.7 Å². The van der Waals surface area contributed by atoms with Crippen molar-refractivity contribution in [2.45, 2.75) is 71.0 Å². The van der Waals surface area contributed by atoms with Crippen molar-refractivity contribution in [1.82, 2.24) is 24.9 Å². The molecule has 3 aromatic rings. The van der Waals surface area contributed by atoms with Crippen molar-refractivity contribution in [3.63, 3.8) is 0 Å². The highest BCUT2D eigenvalue weighted by Crippen LogP contribution is 2.24. The predicted octanol–water partition coefficient (Wildman–Crippen LogP) is 4.43. The van der Waals surface area contributed by atoms with E-state index in [1.54, 1.807) is 4.52 Å². The molecule has 2 atom stereocenters. The van der Waals surface area contributed by atoms with E-state index < -0.39 is 0 Å². The van der Waals surface area contributed by atoms with Gasteiger partial charge < -0.3 is 5.32 Å². The van der Waals surface area contributed by atoms with E-state index in [4.69, 9.17) is 0 Å². The molecule has 31 heavy (non-hydrogen) atoms. The van der Waals surface area contributed by atoms with E-state index >= 15 is 0 Å². The minimum absolute atomic E-state index is 0.0588. The number of hydrogen-bond acceptors (Lipinski definition) is 5. The van der Waals surface area contributed by atoms with Crippen molar-refractivity contribution in [2.75, 3.05) is 5.75 Å². The second-order valence-corrected chi connectivity index (χ2v) is 9.70. The summed E-state index contributed by atoms with van der Waals surface area (Å²) in [7, 11) is 0. The lowest BCUT2D eigenvalue weighted by Gasteiger charge is -2.29. The van der Waals surface area contributed by atoms with Gasteiger partial charge >= 0.3 is 0 Å². The molecule has 0 radical (unpaired) electrons. The Kier molecular flexibility index (Phi) is 6.60. The van der Waals surface area contributed by atoms with Crippen LogP contribution in [0.25, 0.3) is 5.78 Å². The first kappa shape index (κ1) is 21.8. The van der Waals surface area contributed by atoms with Crippen molar-refractivity contribution in [1.29, 1.82) is 0 Å². The number of nitrogens with zero attached hydrogens (tertiary/aromatic N) is 4. The highest BCUT2D eigenvalue weighted by atomic mass is 32.2. The smallest absolute Gasteiger partial charge is 0.253 e. The van der Waals surface area contributed by atoms with Crippen LogP contribution in [0.3, 0.4) is 0 Å². The van der Waals surface area contributed by atoms with Gasteiger partial charge in [-0.05, 0) is 50.7 Å².